The zero-order valence-corrected chi connectivity index (χ0v) is 20.4. The Labute approximate surface area is 209 Å². The lowest BCUT2D eigenvalue weighted by Crippen LogP contribution is -2.06. The molecule has 0 atom stereocenters. The molecule has 3 heterocycles. The van der Waals surface area contributed by atoms with Crippen LogP contribution in [0.5, 0.6) is 0 Å². The van der Waals surface area contributed by atoms with Crippen molar-refractivity contribution >= 4 is 43.6 Å². The van der Waals surface area contributed by atoms with Crippen molar-refractivity contribution in [2.75, 3.05) is 0 Å². The summed E-state index contributed by atoms with van der Waals surface area (Å²) in [6, 6.07) is 32.5. The molecular weight excluding hydrogens is 440 g/mol. The zero-order valence-electron chi connectivity index (χ0n) is 20.4. The summed E-state index contributed by atoms with van der Waals surface area (Å²) in [7, 11) is 0. The molecule has 0 fully saturated rings. The van der Waals surface area contributed by atoms with Crippen LogP contribution in [0.4, 0.5) is 0 Å². The molecule has 7 rings (SSSR count). The van der Waals surface area contributed by atoms with Crippen molar-refractivity contribution in [2.24, 2.45) is 0 Å². The summed E-state index contributed by atoms with van der Waals surface area (Å²) in [5.41, 5.74) is 7.98. The zero-order chi connectivity index (χ0) is 24.2. The molecule has 4 nitrogen and oxygen atoms in total. The highest BCUT2D eigenvalue weighted by Gasteiger charge is 2.21. The van der Waals surface area contributed by atoms with Crippen LogP contribution in [0.1, 0.15) is 25.2 Å². The van der Waals surface area contributed by atoms with Gasteiger partial charge in [0.1, 0.15) is 0 Å². The maximum absolute atomic E-state index is 5.16. The third-order valence-electron chi connectivity index (χ3n) is 7.30. The molecule has 0 spiro atoms. The fourth-order valence-electron chi connectivity index (χ4n) is 5.71. The monoisotopic (exact) mass is 466 g/mol. The predicted octanol–water partition coefficient (Wildman–Crippen LogP) is 7.80. The number of fused-ring (bicyclic) bond motifs is 7. The Morgan fingerprint density at radius 1 is 0.556 bits per heavy atom. The van der Waals surface area contributed by atoms with E-state index in [0.29, 0.717) is 0 Å². The number of aromatic nitrogens is 4. The van der Waals surface area contributed by atoms with E-state index >= 15 is 0 Å². The Bertz CT molecular complexity index is 1910. The van der Waals surface area contributed by atoms with Gasteiger partial charge in [0.05, 0.1) is 39.7 Å². The van der Waals surface area contributed by atoms with Crippen molar-refractivity contribution in [1.29, 1.82) is 0 Å². The van der Waals surface area contributed by atoms with Crippen LogP contribution in [0.2, 0.25) is 0 Å². The second-order valence-electron chi connectivity index (χ2n) is 9.23. The van der Waals surface area contributed by atoms with E-state index in [-0.39, 0.29) is 0 Å². The number of para-hydroxylation sites is 3. The molecule has 0 N–H and O–H groups in total. The average molecular weight is 467 g/mol. The minimum absolute atomic E-state index is 0.862. The van der Waals surface area contributed by atoms with Crippen molar-refractivity contribution in [1.82, 2.24) is 19.1 Å². The number of nitrogens with zero attached hydrogens (tertiary/aromatic N) is 4. The molecule has 7 aromatic rings. The molecule has 174 valence electrons. The minimum Gasteiger partial charge on any atom is -0.307 e. The highest BCUT2D eigenvalue weighted by molar-refractivity contribution is 6.23. The number of benzene rings is 4. The summed E-state index contributed by atoms with van der Waals surface area (Å²) < 4.78 is 4.72. The van der Waals surface area contributed by atoms with Gasteiger partial charge in [0.25, 0.3) is 0 Å². The number of hydrogen-bond acceptors (Lipinski definition) is 2. The van der Waals surface area contributed by atoms with Crippen LogP contribution < -0.4 is 0 Å². The fourth-order valence-corrected chi connectivity index (χ4v) is 5.71. The van der Waals surface area contributed by atoms with Crippen molar-refractivity contribution in [3.63, 3.8) is 0 Å². The molecule has 0 saturated carbocycles. The van der Waals surface area contributed by atoms with E-state index in [1.165, 1.54) is 32.6 Å². The summed E-state index contributed by atoms with van der Waals surface area (Å²) >= 11 is 0. The smallest absolute Gasteiger partial charge is 0.156 e. The third-order valence-corrected chi connectivity index (χ3v) is 7.30. The van der Waals surface area contributed by atoms with Crippen molar-refractivity contribution in [3.8, 4) is 11.5 Å². The normalized spacial score (nSPS) is 11.8. The van der Waals surface area contributed by atoms with Gasteiger partial charge < -0.3 is 4.57 Å². The molecule has 0 radical (unpaired) electrons. The van der Waals surface area contributed by atoms with Gasteiger partial charge in [-0.3, -0.25) is 9.55 Å². The largest absolute Gasteiger partial charge is 0.307 e. The number of rotatable bonds is 4. The number of hydrogen-bond donors (Lipinski definition) is 0. The SMILES string of the molecule is CCc1ncc(-n2c3ccccc3c3ccc4c5ccccc5n(-c5ccccc5)c4c32)nc1CC. The molecule has 0 aliphatic carbocycles. The Hall–Kier alpha value is -4.44. The molecule has 36 heavy (non-hydrogen) atoms. The van der Waals surface area contributed by atoms with Gasteiger partial charge in [0.15, 0.2) is 5.82 Å². The quantitative estimate of drug-likeness (QED) is 0.265. The first kappa shape index (κ1) is 20.9. The predicted molar refractivity (Wildman–Crippen MR) is 149 cm³/mol. The van der Waals surface area contributed by atoms with E-state index in [4.69, 9.17) is 9.97 Å². The van der Waals surface area contributed by atoms with E-state index < -0.39 is 0 Å². The summed E-state index contributed by atoms with van der Waals surface area (Å²) in [6.07, 6.45) is 3.69. The maximum Gasteiger partial charge on any atom is 0.156 e. The van der Waals surface area contributed by atoms with Gasteiger partial charge in [-0.2, -0.15) is 0 Å². The van der Waals surface area contributed by atoms with Gasteiger partial charge >= 0.3 is 0 Å². The first-order valence-electron chi connectivity index (χ1n) is 12.7. The average Bonchev–Trinajstić information content (AvgIpc) is 3.46. The Morgan fingerprint density at radius 2 is 1.11 bits per heavy atom. The van der Waals surface area contributed by atoms with E-state index in [1.54, 1.807) is 0 Å². The number of aryl methyl sites for hydroxylation is 2. The molecule has 0 amide bonds. The standard InChI is InChI=1S/C32H26N4/c1-3-26-27(4-2)34-30(20-33-26)36-29-17-11-9-15-23(29)25-19-18-24-22-14-8-10-16-28(22)35(31(24)32(25)36)21-12-6-5-7-13-21/h5-20H,3-4H2,1-2H3. The van der Waals surface area contributed by atoms with Gasteiger partial charge in [-0.25, -0.2) is 4.98 Å². The fraction of sp³-hybridized carbons (Fsp3) is 0.125. The first-order valence-corrected chi connectivity index (χ1v) is 12.7. The summed E-state index contributed by atoms with van der Waals surface area (Å²) in [6.45, 7) is 4.30. The topological polar surface area (TPSA) is 35.6 Å². The van der Waals surface area contributed by atoms with Gasteiger partial charge in [-0.15, -0.1) is 0 Å². The van der Waals surface area contributed by atoms with Crippen LogP contribution in [-0.2, 0) is 12.8 Å². The molecule has 4 heteroatoms. The van der Waals surface area contributed by atoms with E-state index in [2.05, 4.69) is 114 Å². The van der Waals surface area contributed by atoms with Crippen LogP contribution in [0.15, 0.2) is 97.2 Å². The van der Waals surface area contributed by atoms with Crippen LogP contribution in [-0.4, -0.2) is 19.1 Å². The lowest BCUT2D eigenvalue weighted by Gasteiger charge is -2.13. The Balaban J connectivity index is 1.73. The molecule has 3 aromatic heterocycles. The highest BCUT2D eigenvalue weighted by atomic mass is 15.1. The Kier molecular flexibility index (Phi) is 4.68. The van der Waals surface area contributed by atoms with Crippen molar-refractivity contribution in [3.05, 3.63) is 109 Å². The maximum atomic E-state index is 5.16. The van der Waals surface area contributed by atoms with Gasteiger partial charge in [0.2, 0.25) is 0 Å². The first-order chi connectivity index (χ1) is 17.8. The third kappa shape index (κ3) is 2.88. The second-order valence-corrected chi connectivity index (χ2v) is 9.23. The van der Waals surface area contributed by atoms with Gasteiger partial charge in [-0.1, -0.05) is 80.6 Å². The summed E-state index contributed by atoms with van der Waals surface area (Å²) in [5, 5.41) is 4.92. The molecule has 0 aliphatic heterocycles. The van der Waals surface area contributed by atoms with Crippen molar-refractivity contribution < 1.29 is 0 Å². The molecule has 0 saturated heterocycles. The van der Waals surface area contributed by atoms with Crippen LogP contribution >= 0.6 is 0 Å². The highest BCUT2D eigenvalue weighted by Crippen LogP contribution is 2.41. The van der Waals surface area contributed by atoms with Gasteiger partial charge in [-0.05, 0) is 37.1 Å². The lowest BCUT2D eigenvalue weighted by atomic mass is 10.1. The summed E-state index contributed by atoms with van der Waals surface area (Å²) in [4.78, 5) is 10.0. The van der Waals surface area contributed by atoms with Crippen LogP contribution in [0.3, 0.4) is 0 Å². The van der Waals surface area contributed by atoms with Crippen LogP contribution in [0.25, 0.3) is 55.1 Å². The van der Waals surface area contributed by atoms with Crippen molar-refractivity contribution in [2.45, 2.75) is 26.7 Å². The second kappa shape index (κ2) is 8.06. The lowest BCUT2D eigenvalue weighted by molar-refractivity contribution is 0.879. The summed E-state index contributed by atoms with van der Waals surface area (Å²) in [5.74, 6) is 0.868. The van der Waals surface area contributed by atoms with E-state index in [0.717, 1.165) is 46.8 Å². The Morgan fingerprint density at radius 3 is 1.75 bits per heavy atom. The molecule has 4 aromatic carbocycles. The van der Waals surface area contributed by atoms with E-state index in [9.17, 15) is 0 Å². The van der Waals surface area contributed by atoms with Gasteiger partial charge in [0, 0.05) is 27.2 Å². The van der Waals surface area contributed by atoms with E-state index in [1.807, 2.05) is 6.20 Å². The minimum atomic E-state index is 0.862. The molecular formula is C32H26N4. The van der Waals surface area contributed by atoms with Crippen LogP contribution in [0, 0.1) is 0 Å². The molecule has 0 aliphatic rings. The molecule has 0 bridgehead atoms. The molecule has 0 unspecified atom stereocenters.